The van der Waals surface area contributed by atoms with Gasteiger partial charge in [0.15, 0.2) is 0 Å². The fraction of sp³-hybridized carbons (Fsp3) is 0.360. The van der Waals surface area contributed by atoms with E-state index in [1.54, 1.807) is 29.7 Å². The van der Waals surface area contributed by atoms with Crippen LogP contribution >= 0.6 is 0 Å². The van der Waals surface area contributed by atoms with E-state index >= 15 is 0 Å². The second kappa shape index (κ2) is 8.07. The van der Waals surface area contributed by atoms with Gasteiger partial charge < -0.3 is 10.0 Å². The standard InChI is InChI=1S/C25H24F3N3O3/c1-2-30-22(32)13-31(24(30)34)21-5-3-4-17-10-15(6-8-19(17)21)16-7-9-20-18(11-16)12-29(23(20)33)14-25(26,27)28/h6-11,13,21,32H,2-5,12,14H2,1H3/t21-/m0/s1. The molecule has 1 N–H and O–H groups in total. The van der Waals surface area contributed by atoms with E-state index in [-0.39, 0.29) is 24.2 Å². The first-order chi connectivity index (χ1) is 16.2. The summed E-state index contributed by atoms with van der Waals surface area (Å²) in [5.41, 5.74) is 4.52. The number of imidazole rings is 1. The smallest absolute Gasteiger partial charge is 0.406 e. The van der Waals surface area contributed by atoms with Crippen molar-refractivity contribution < 1.29 is 23.1 Å². The van der Waals surface area contributed by atoms with Gasteiger partial charge in [-0.2, -0.15) is 13.2 Å². The minimum atomic E-state index is -4.44. The number of amides is 1. The van der Waals surface area contributed by atoms with Crippen molar-refractivity contribution >= 4 is 5.91 Å². The van der Waals surface area contributed by atoms with Crippen LogP contribution in [0.1, 0.15) is 52.9 Å². The highest BCUT2D eigenvalue weighted by Crippen LogP contribution is 2.36. The molecule has 3 aromatic rings. The summed E-state index contributed by atoms with van der Waals surface area (Å²) in [6.07, 6.45) is -0.431. The summed E-state index contributed by atoms with van der Waals surface area (Å²) >= 11 is 0. The SMILES string of the molecule is CCn1c(O)cn([C@H]2CCCc3cc(-c4ccc5c(c4)CN(CC(F)(F)F)C5=O)ccc32)c1=O. The molecule has 0 spiro atoms. The summed E-state index contributed by atoms with van der Waals surface area (Å²) in [6, 6.07) is 10.9. The van der Waals surface area contributed by atoms with Gasteiger partial charge >= 0.3 is 11.9 Å². The Bertz CT molecular complexity index is 1340. The van der Waals surface area contributed by atoms with Crippen molar-refractivity contribution in [3.63, 3.8) is 0 Å². The summed E-state index contributed by atoms with van der Waals surface area (Å²) in [7, 11) is 0. The zero-order chi connectivity index (χ0) is 24.2. The molecule has 0 radical (unpaired) electrons. The van der Waals surface area contributed by atoms with Gasteiger partial charge in [-0.1, -0.05) is 24.3 Å². The fourth-order valence-electron chi connectivity index (χ4n) is 5.17. The maximum atomic E-state index is 12.8. The van der Waals surface area contributed by atoms with Gasteiger partial charge in [0, 0.05) is 18.7 Å². The number of carbonyl (C=O) groups is 1. The van der Waals surface area contributed by atoms with Crippen molar-refractivity contribution in [2.24, 2.45) is 0 Å². The molecule has 9 heteroatoms. The number of carbonyl (C=O) groups excluding carboxylic acids is 1. The number of aromatic nitrogens is 2. The molecule has 5 rings (SSSR count). The van der Waals surface area contributed by atoms with Crippen molar-refractivity contribution in [1.82, 2.24) is 14.0 Å². The highest BCUT2D eigenvalue weighted by atomic mass is 19.4. The highest BCUT2D eigenvalue weighted by Gasteiger charge is 2.37. The Kier molecular flexibility index (Phi) is 5.30. The second-order valence-corrected chi connectivity index (χ2v) is 8.89. The molecular weight excluding hydrogens is 447 g/mol. The first-order valence-corrected chi connectivity index (χ1v) is 11.3. The summed E-state index contributed by atoms with van der Waals surface area (Å²) in [5.74, 6) is -0.650. The molecule has 0 fully saturated rings. The van der Waals surface area contributed by atoms with Gasteiger partial charge in [0.25, 0.3) is 5.91 Å². The molecule has 2 aromatic carbocycles. The third-order valence-electron chi connectivity index (χ3n) is 6.75. The molecule has 2 heterocycles. The van der Waals surface area contributed by atoms with Gasteiger partial charge in [0.1, 0.15) is 6.54 Å². The van der Waals surface area contributed by atoms with Crippen molar-refractivity contribution in [1.29, 1.82) is 0 Å². The Hall–Kier alpha value is -3.49. The molecule has 0 bridgehead atoms. The number of alkyl halides is 3. The summed E-state index contributed by atoms with van der Waals surface area (Å²) in [5, 5.41) is 10.1. The minimum absolute atomic E-state index is 0.0523. The van der Waals surface area contributed by atoms with Gasteiger partial charge in [0.05, 0.1) is 12.2 Å². The van der Waals surface area contributed by atoms with Gasteiger partial charge in [0.2, 0.25) is 5.88 Å². The number of halogens is 3. The lowest BCUT2D eigenvalue weighted by atomic mass is 9.85. The number of hydrogen-bond acceptors (Lipinski definition) is 3. The average molecular weight is 471 g/mol. The van der Waals surface area contributed by atoms with E-state index in [0.717, 1.165) is 46.4 Å². The van der Waals surface area contributed by atoms with Crippen LogP contribution in [0, 0.1) is 0 Å². The molecular formula is C25H24F3N3O3. The number of aryl methyl sites for hydroxylation is 1. The van der Waals surface area contributed by atoms with Crippen molar-refractivity contribution in [3.05, 3.63) is 75.3 Å². The van der Waals surface area contributed by atoms with Crippen LogP contribution in [0.3, 0.4) is 0 Å². The highest BCUT2D eigenvalue weighted by molar-refractivity contribution is 5.99. The first-order valence-electron chi connectivity index (χ1n) is 11.3. The van der Waals surface area contributed by atoms with Crippen LogP contribution < -0.4 is 5.69 Å². The Labute approximate surface area is 193 Å². The summed E-state index contributed by atoms with van der Waals surface area (Å²) in [6.45, 7) is 0.872. The fourth-order valence-corrected chi connectivity index (χ4v) is 5.17. The molecule has 34 heavy (non-hydrogen) atoms. The van der Waals surface area contributed by atoms with Crippen LogP contribution in [-0.2, 0) is 19.5 Å². The molecule has 1 aliphatic carbocycles. The second-order valence-electron chi connectivity index (χ2n) is 8.89. The molecule has 0 unspecified atom stereocenters. The molecule has 2 aliphatic rings. The maximum absolute atomic E-state index is 12.8. The van der Waals surface area contributed by atoms with E-state index < -0.39 is 18.6 Å². The van der Waals surface area contributed by atoms with Crippen LogP contribution in [0.4, 0.5) is 13.2 Å². The lowest BCUT2D eigenvalue weighted by molar-refractivity contribution is -0.140. The summed E-state index contributed by atoms with van der Waals surface area (Å²) < 4.78 is 41.3. The van der Waals surface area contributed by atoms with Crippen LogP contribution in [0.25, 0.3) is 11.1 Å². The molecule has 1 aromatic heterocycles. The Morgan fingerprint density at radius 3 is 2.44 bits per heavy atom. The van der Waals surface area contributed by atoms with E-state index in [1.165, 1.54) is 10.8 Å². The van der Waals surface area contributed by atoms with E-state index in [1.807, 2.05) is 12.1 Å². The Balaban J connectivity index is 1.46. The molecule has 0 saturated heterocycles. The molecule has 0 saturated carbocycles. The number of nitrogens with zero attached hydrogens (tertiary/aromatic N) is 3. The maximum Gasteiger partial charge on any atom is 0.406 e. The van der Waals surface area contributed by atoms with Crippen molar-refractivity contribution in [2.45, 2.75) is 51.5 Å². The number of aromatic hydroxyl groups is 1. The number of hydrogen-bond donors (Lipinski definition) is 1. The van der Waals surface area contributed by atoms with Crippen molar-refractivity contribution in [2.75, 3.05) is 6.54 Å². The van der Waals surface area contributed by atoms with Crippen LogP contribution in [0.5, 0.6) is 5.88 Å². The lowest BCUT2D eigenvalue weighted by Crippen LogP contribution is -2.34. The predicted molar refractivity (Wildman–Crippen MR) is 120 cm³/mol. The normalized spacial score (nSPS) is 17.7. The van der Waals surface area contributed by atoms with E-state index in [0.29, 0.717) is 17.7 Å². The predicted octanol–water partition coefficient (Wildman–Crippen LogP) is 4.49. The van der Waals surface area contributed by atoms with Crippen molar-refractivity contribution in [3.8, 4) is 17.0 Å². The van der Waals surface area contributed by atoms with E-state index in [2.05, 4.69) is 6.07 Å². The molecule has 1 amide bonds. The number of benzene rings is 2. The zero-order valence-corrected chi connectivity index (χ0v) is 18.6. The zero-order valence-electron chi connectivity index (χ0n) is 18.6. The number of fused-ring (bicyclic) bond motifs is 2. The molecule has 6 nitrogen and oxygen atoms in total. The van der Waals surface area contributed by atoms with Crippen LogP contribution in [0.15, 0.2) is 47.4 Å². The molecule has 1 atom stereocenters. The third kappa shape index (κ3) is 3.78. The van der Waals surface area contributed by atoms with E-state index in [4.69, 9.17) is 0 Å². The summed E-state index contributed by atoms with van der Waals surface area (Å²) in [4.78, 5) is 25.9. The van der Waals surface area contributed by atoms with Gasteiger partial charge in [-0.25, -0.2) is 4.79 Å². The van der Waals surface area contributed by atoms with E-state index in [9.17, 15) is 27.9 Å². The average Bonchev–Trinajstić information content (AvgIpc) is 3.25. The van der Waals surface area contributed by atoms with Crippen LogP contribution in [0.2, 0.25) is 0 Å². The van der Waals surface area contributed by atoms with Gasteiger partial charge in [-0.15, -0.1) is 0 Å². The topological polar surface area (TPSA) is 67.5 Å². The van der Waals surface area contributed by atoms with Crippen LogP contribution in [-0.4, -0.2) is 37.8 Å². The number of rotatable bonds is 4. The quantitative estimate of drug-likeness (QED) is 0.610. The first kappa shape index (κ1) is 22.3. The van der Waals surface area contributed by atoms with Gasteiger partial charge in [-0.05, 0) is 66.1 Å². The molecule has 178 valence electrons. The molecule has 1 aliphatic heterocycles. The minimum Gasteiger partial charge on any atom is -0.493 e. The Morgan fingerprint density at radius 1 is 1.06 bits per heavy atom. The third-order valence-corrected chi connectivity index (χ3v) is 6.75. The largest absolute Gasteiger partial charge is 0.493 e. The monoisotopic (exact) mass is 471 g/mol. The Morgan fingerprint density at radius 2 is 1.76 bits per heavy atom. The van der Waals surface area contributed by atoms with Gasteiger partial charge in [-0.3, -0.25) is 13.9 Å². The lowest BCUT2D eigenvalue weighted by Gasteiger charge is -2.26.